The van der Waals surface area contributed by atoms with Gasteiger partial charge in [0, 0.05) is 12.2 Å². The van der Waals surface area contributed by atoms with Crippen LogP contribution in [-0.4, -0.2) is 6.54 Å². The lowest BCUT2D eigenvalue weighted by Gasteiger charge is -2.06. The van der Waals surface area contributed by atoms with E-state index in [2.05, 4.69) is 37.9 Å². The Hall–Kier alpha value is -0.720. The van der Waals surface area contributed by atoms with E-state index in [-0.39, 0.29) is 0 Å². The van der Waals surface area contributed by atoms with E-state index in [1.807, 2.05) is 0 Å². The third-order valence-electron chi connectivity index (χ3n) is 2.26. The molecule has 82 valence electrons. The molecule has 0 aromatic heterocycles. The fourth-order valence-corrected chi connectivity index (χ4v) is 1.46. The first-order chi connectivity index (χ1) is 6.81. The van der Waals surface area contributed by atoms with Crippen molar-refractivity contribution >= 4 is 0 Å². The fourth-order valence-electron chi connectivity index (χ4n) is 1.46. The van der Waals surface area contributed by atoms with E-state index in [0.717, 1.165) is 13.0 Å². The number of hydrogen-bond acceptors (Lipinski definition) is 1. The molecule has 0 heterocycles. The molecule has 0 saturated heterocycles. The van der Waals surface area contributed by atoms with Gasteiger partial charge < -0.3 is 5.32 Å². The molecule has 0 spiro atoms. The molecule has 0 rings (SSSR count). The van der Waals surface area contributed by atoms with Gasteiger partial charge in [0.2, 0.25) is 0 Å². The molecule has 0 unspecified atom stereocenters. The Morgan fingerprint density at radius 3 is 2.57 bits per heavy atom. The van der Waals surface area contributed by atoms with Gasteiger partial charge in [-0.15, -0.1) is 0 Å². The molecule has 0 radical (unpaired) electrons. The zero-order valence-corrected chi connectivity index (χ0v) is 9.81. The Morgan fingerprint density at radius 1 is 1.21 bits per heavy atom. The van der Waals surface area contributed by atoms with Gasteiger partial charge in [0.15, 0.2) is 0 Å². The van der Waals surface area contributed by atoms with E-state index < -0.39 is 0 Å². The Balaban J connectivity index is 3.09. The summed E-state index contributed by atoms with van der Waals surface area (Å²) in [6, 6.07) is 0. The van der Waals surface area contributed by atoms with E-state index in [9.17, 15) is 0 Å². The zero-order valence-electron chi connectivity index (χ0n) is 9.81. The van der Waals surface area contributed by atoms with Crippen LogP contribution in [0.3, 0.4) is 0 Å². The summed E-state index contributed by atoms with van der Waals surface area (Å²) >= 11 is 0. The Bertz CT molecular complexity index is 159. The van der Waals surface area contributed by atoms with Crippen LogP contribution < -0.4 is 5.32 Å². The average molecular weight is 195 g/mol. The summed E-state index contributed by atoms with van der Waals surface area (Å²) in [6.07, 6.45) is 12.1. The van der Waals surface area contributed by atoms with Gasteiger partial charge in [-0.05, 0) is 39.5 Å². The van der Waals surface area contributed by atoms with E-state index in [0.29, 0.717) is 0 Å². The van der Waals surface area contributed by atoms with E-state index in [1.165, 1.54) is 37.8 Å². The zero-order chi connectivity index (χ0) is 10.6. The Labute approximate surface area is 89.3 Å². The van der Waals surface area contributed by atoms with Crippen LogP contribution in [0.5, 0.6) is 0 Å². The molecular formula is C13H25N. The van der Waals surface area contributed by atoms with Crippen LogP contribution in [0, 0.1) is 0 Å². The first-order valence-corrected chi connectivity index (χ1v) is 5.84. The molecule has 0 aromatic carbocycles. The lowest BCUT2D eigenvalue weighted by molar-refractivity contribution is 0.628. The van der Waals surface area contributed by atoms with Crippen LogP contribution in [0.4, 0.5) is 0 Å². The first kappa shape index (κ1) is 13.3. The summed E-state index contributed by atoms with van der Waals surface area (Å²) in [7, 11) is 0. The molecule has 1 N–H and O–H groups in total. The highest BCUT2D eigenvalue weighted by atomic mass is 14.9. The van der Waals surface area contributed by atoms with Crippen LogP contribution >= 0.6 is 0 Å². The summed E-state index contributed by atoms with van der Waals surface area (Å²) in [4.78, 5) is 0. The van der Waals surface area contributed by atoms with Gasteiger partial charge in [-0.25, -0.2) is 0 Å². The lowest BCUT2D eigenvalue weighted by atomic mass is 10.1. The van der Waals surface area contributed by atoms with Gasteiger partial charge >= 0.3 is 0 Å². The molecule has 0 aromatic rings. The molecule has 0 bridgehead atoms. The standard InChI is InChI=1S/C13H25N/c1-4-6-7-8-9-10-11-12-13(3)14-5-2/h4,6,14H,3,5,7-12H2,1-2H3/b6-4-. The summed E-state index contributed by atoms with van der Waals surface area (Å²) in [5, 5.41) is 3.25. The fraction of sp³-hybridized carbons (Fsp3) is 0.692. The maximum absolute atomic E-state index is 3.97. The number of hydrogen-bond donors (Lipinski definition) is 1. The summed E-state index contributed by atoms with van der Waals surface area (Å²) in [5.74, 6) is 0. The predicted octanol–water partition coefficient (Wildman–Crippen LogP) is 4.03. The highest BCUT2D eigenvalue weighted by Crippen LogP contribution is 2.08. The van der Waals surface area contributed by atoms with E-state index in [1.54, 1.807) is 0 Å². The average Bonchev–Trinajstić information content (AvgIpc) is 2.17. The van der Waals surface area contributed by atoms with Gasteiger partial charge in [-0.2, -0.15) is 0 Å². The molecule has 0 aliphatic heterocycles. The number of rotatable bonds is 9. The summed E-state index contributed by atoms with van der Waals surface area (Å²) in [6.45, 7) is 9.17. The van der Waals surface area contributed by atoms with Gasteiger partial charge in [0.05, 0.1) is 0 Å². The molecule has 0 amide bonds. The maximum atomic E-state index is 3.97. The topological polar surface area (TPSA) is 12.0 Å². The van der Waals surface area contributed by atoms with Crippen molar-refractivity contribution in [3.05, 3.63) is 24.4 Å². The van der Waals surface area contributed by atoms with Crippen LogP contribution in [0.2, 0.25) is 0 Å². The number of unbranched alkanes of at least 4 members (excludes halogenated alkanes) is 4. The third kappa shape index (κ3) is 9.37. The highest BCUT2D eigenvalue weighted by Gasteiger charge is 1.92. The molecule has 1 heteroatoms. The van der Waals surface area contributed by atoms with Crippen LogP contribution in [0.15, 0.2) is 24.4 Å². The molecule has 0 fully saturated rings. The molecule has 0 aliphatic rings. The maximum Gasteiger partial charge on any atom is 0.0115 e. The summed E-state index contributed by atoms with van der Waals surface area (Å²) < 4.78 is 0. The lowest BCUT2D eigenvalue weighted by Crippen LogP contribution is -2.10. The molecule has 0 atom stereocenters. The van der Waals surface area contributed by atoms with Crippen LogP contribution in [0.1, 0.15) is 52.4 Å². The molecule has 1 nitrogen and oxygen atoms in total. The van der Waals surface area contributed by atoms with Crippen molar-refractivity contribution in [2.75, 3.05) is 6.54 Å². The second-order valence-corrected chi connectivity index (χ2v) is 3.66. The van der Waals surface area contributed by atoms with Gasteiger partial charge in [-0.3, -0.25) is 0 Å². The minimum absolute atomic E-state index is 1.00. The number of nitrogens with one attached hydrogen (secondary N) is 1. The van der Waals surface area contributed by atoms with Crippen LogP contribution in [-0.2, 0) is 0 Å². The van der Waals surface area contributed by atoms with Crippen molar-refractivity contribution in [3.8, 4) is 0 Å². The van der Waals surface area contributed by atoms with Crippen molar-refractivity contribution in [3.63, 3.8) is 0 Å². The Morgan fingerprint density at radius 2 is 1.93 bits per heavy atom. The Kier molecular flexibility index (Phi) is 9.83. The minimum Gasteiger partial charge on any atom is -0.389 e. The normalized spacial score (nSPS) is 10.7. The molecule has 14 heavy (non-hydrogen) atoms. The molecule has 0 aliphatic carbocycles. The first-order valence-electron chi connectivity index (χ1n) is 5.84. The highest BCUT2D eigenvalue weighted by molar-refractivity contribution is 4.89. The van der Waals surface area contributed by atoms with Gasteiger partial charge in [-0.1, -0.05) is 31.6 Å². The van der Waals surface area contributed by atoms with Crippen molar-refractivity contribution in [2.24, 2.45) is 0 Å². The quantitative estimate of drug-likeness (QED) is 0.433. The largest absolute Gasteiger partial charge is 0.389 e. The SMILES string of the molecule is C=C(CCCCCC/C=C\C)NCC. The predicted molar refractivity (Wildman–Crippen MR) is 65.3 cm³/mol. The summed E-state index contributed by atoms with van der Waals surface area (Å²) in [5.41, 5.74) is 1.20. The monoisotopic (exact) mass is 195 g/mol. The van der Waals surface area contributed by atoms with E-state index in [4.69, 9.17) is 0 Å². The van der Waals surface area contributed by atoms with Crippen molar-refractivity contribution in [1.82, 2.24) is 5.32 Å². The molecule has 0 saturated carbocycles. The third-order valence-corrected chi connectivity index (χ3v) is 2.26. The van der Waals surface area contributed by atoms with Gasteiger partial charge in [0.1, 0.15) is 0 Å². The smallest absolute Gasteiger partial charge is 0.0115 e. The number of allylic oxidation sites excluding steroid dienone is 3. The molecular weight excluding hydrogens is 170 g/mol. The van der Waals surface area contributed by atoms with Gasteiger partial charge in [0.25, 0.3) is 0 Å². The van der Waals surface area contributed by atoms with E-state index >= 15 is 0 Å². The van der Waals surface area contributed by atoms with Crippen molar-refractivity contribution in [1.29, 1.82) is 0 Å². The van der Waals surface area contributed by atoms with Crippen molar-refractivity contribution in [2.45, 2.75) is 52.4 Å². The second-order valence-electron chi connectivity index (χ2n) is 3.66. The minimum atomic E-state index is 1.00. The van der Waals surface area contributed by atoms with Crippen LogP contribution in [0.25, 0.3) is 0 Å². The van der Waals surface area contributed by atoms with Crippen molar-refractivity contribution < 1.29 is 0 Å². The second kappa shape index (κ2) is 10.4.